The van der Waals surface area contributed by atoms with Gasteiger partial charge in [0.25, 0.3) is 5.91 Å². The summed E-state index contributed by atoms with van der Waals surface area (Å²) in [7, 11) is 0. The molecule has 1 aliphatic carbocycles. The number of piperidine rings is 1. The van der Waals surface area contributed by atoms with Gasteiger partial charge in [0.2, 0.25) is 0 Å². The number of ketones is 1. The molecule has 1 aromatic heterocycles. The van der Waals surface area contributed by atoms with Gasteiger partial charge in [-0.2, -0.15) is 0 Å². The van der Waals surface area contributed by atoms with E-state index in [1.165, 1.54) is 6.42 Å². The number of nitrogens with zero attached hydrogens (tertiary/aromatic N) is 1. The number of nitrogens with one attached hydrogen (secondary N) is 2. The lowest BCUT2D eigenvalue weighted by molar-refractivity contribution is 0.0905. The molecule has 1 fully saturated rings. The molecule has 5 nitrogen and oxygen atoms in total. The minimum Gasteiger partial charge on any atom is -0.354 e. The highest BCUT2D eigenvalue weighted by atomic mass is 16.2. The van der Waals surface area contributed by atoms with Gasteiger partial charge in [0.05, 0.1) is 0 Å². The van der Waals surface area contributed by atoms with E-state index >= 15 is 0 Å². The Morgan fingerprint density at radius 3 is 2.70 bits per heavy atom. The quantitative estimate of drug-likeness (QED) is 0.896. The van der Waals surface area contributed by atoms with Crippen LogP contribution in [0, 0.1) is 6.92 Å². The predicted molar refractivity (Wildman–Crippen MR) is 90.0 cm³/mol. The minimum atomic E-state index is -0.0568. The highest BCUT2D eigenvalue weighted by molar-refractivity contribution is 6.04. The van der Waals surface area contributed by atoms with Crippen LogP contribution < -0.4 is 5.32 Å². The minimum absolute atomic E-state index is 0.0568. The molecule has 1 amide bonds. The summed E-state index contributed by atoms with van der Waals surface area (Å²) >= 11 is 0. The molecular weight excluding hydrogens is 290 g/mol. The lowest BCUT2D eigenvalue weighted by atomic mass is 9.93. The first-order valence-electron chi connectivity index (χ1n) is 8.88. The van der Waals surface area contributed by atoms with Gasteiger partial charge in [0, 0.05) is 36.8 Å². The molecule has 23 heavy (non-hydrogen) atoms. The summed E-state index contributed by atoms with van der Waals surface area (Å²) in [4.78, 5) is 30.3. The Bertz CT molecular complexity index is 598. The van der Waals surface area contributed by atoms with Crippen molar-refractivity contribution in [1.29, 1.82) is 0 Å². The second kappa shape index (κ2) is 6.87. The average Bonchev–Trinajstić information content (AvgIpc) is 2.88. The van der Waals surface area contributed by atoms with E-state index in [-0.39, 0.29) is 17.7 Å². The summed E-state index contributed by atoms with van der Waals surface area (Å²) in [6, 6.07) is 0.242. The molecule has 0 saturated carbocycles. The molecule has 2 aliphatic rings. The van der Waals surface area contributed by atoms with Crippen molar-refractivity contribution >= 4 is 11.7 Å². The highest BCUT2D eigenvalue weighted by Crippen LogP contribution is 2.26. The van der Waals surface area contributed by atoms with Gasteiger partial charge in [-0.1, -0.05) is 6.92 Å². The summed E-state index contributed by atoms with van der Waals surface area (Å²) in [5, 5.41) is 3.15. The molecule has 5 heteroatoms. The number of H-pyrrole nitrogens is 1. The molecule has 1 saturated heterocycles. The second-order valence-corrected chi connectivity index (χ2v) is 6.84. The van der Waals surface area contributed by atoms with Crippen molar-refractivity contribution < 1.29 is 9.59 Å². The fourth-order valence-corrected chi connectivity index (χ4v) is 3.88. The second-order valence-electron chi connectivity index (χ2n) is 6.84. The van der Waals surface area contributed by atoms with Crippen LogP contribution in [0.15, 0.2) is 0 Å². The zero-order valence-corrected chi connectivity index (χ0v) is 14.2. The van der Waals surface area contributed by atoms with Gasteiger partial charge in [-0.3, -0.25) is 9.59 Å². The molecule has 1 aliphatic heterocycles. The van der Waals surface area contributed by atoms with Crippen molar-refractivity contribution in [3.63, 3.8) is 0 Å². The highest BCUT2D eigenvalue weighted by Gasteiger charge is 2.28. The number of hydrogen-bond acceptors (Lipinski definition) is 3. The van der Waals surface area contributed by atoms with Crippen LogP contribution in [0.5, 0.6) is 0 Å². The lowest BCUT2D eigenvalue weighted by Gasteiger charge is -2.32. The molecular formula is C18H27N3O2. The van der Waals surface area contributed by atoms with Crippen LogP contribution >= 0.6 is 0 Å². The number of likely N-dealkylation sites (tertiary alicyclic amines) is 1. The zero-order chi connectivity index (χ0) is 16.4. The van der Waals surface area contributed by atoms with Gasteiger partial charge in [-0.25, -0.2) is 0 Å². The normalized spacial score (nSPS) is 19.7. The third-order valence-electron chi connectivity index (χ3n) is 5.13. The smallest absolute Gasteiger partial charge is 0.268 e. The van der Waals surface area contributed by atoms with Crippen LogP contribution in [0.25, 0.3) is 0 Å². The zero-order valence-electron chi connectivity index (χ0n) is 14.2. The molecule has 1 aromatic rings. The molecule has 2 heterocycles. The van der Waals surface area contributed by atoms with Gasteiger partial charge in [0.1, 0.15) is 5.69 Å². The SMILES string of the molecule is CCCN1CCC(NC(=O)c2[nH]c3c(c2C)C(=O)CCC3)CC1. The van der Waals surface area contributed by atoms with E-state index in [1.807, 2.05) is 6.92 Å². The first kappa shape index (κ1) is 16.2. The van der Waals surface area contributed by atoms with Crippen molar-refractivity contribution in [3.05, 3.63) is 22.5 Å². The van der Waals surface area contributed by atoms with Crippen molar-refractivity contribution in [2.45, 2.75) is 58.4 Å². The molecule has 2 N–H and O–H groups in total. The molecule has 0 atom stereocenters. The van der Waals surface area contributed by atoms with Crippen LogP contribution in [0.1, 0.15) is 71.1 Å². The standard InChI is InChI=1S/C18H27N3O2/c1-3-9-21-10-7-13(8-11-21)19-18(23)17-12(2)16-14(20-17)5-4-6-15(16)22/h13,20H,3-11H2,1-2H3,(H,19,23). The first-order valence-corrected chi connectivity index (χ1v) is 8.88. The molecule has 126 valence electrons. The summed E-state index contributed by atoms with van der Waals surface area (Å²) in [6.07, 6.45) is 5.53. The Morgan fingerprint density at radius 2 is 2.04 bits per heavy atom. The Kier molecular flexibility index (Phi) is 4.85. The Morgan fingerprint density at radius 1 is 1.30 bits per heavy atom. The number of carbonyl (C=O) groups excluding carboxylic acids is 2. The van der Waals surface area contributed by atoms with E-state index in [0.29, 0.717) is 12.1 Å². The Labute approximate surface area is 137 Å². The maximum Gasteiger partial charge on any atom is 0.268 e. The fourth-order valence-electron chi connectivity index (χ4n) is 3.88. The van der Waals surface area contributed by atoms with Gasteiger partial charge >= 0.3 is 0 Å². The molecule has 3 rings (SSSR count). The van der Waals surface area contributed by atoms with Crippen LogP contribution in [0.4, 0.5) is 0 Å². The van der Waals surface area contributed by atoms with E-state index in [9.17, 15) is 9.59 Å². The van der Waals surface area contributed by atoms with E-state index in [1.54, 1.807) is 0 Å². The maximum absolute atomic E-state index is 12.6. The Balaban J connectivity index is 1.64. The van der Waals surface area contributed by atoms with Gasteiger partial charge in [-0.05, 0) is 51.1 Å². The monoisotopic (exact) mass is 317 g/mol. The number of aryl methyl sites for hydroxylation is 1. The number of amides is 1. The molecule has 0 spiro atoms. The van der Waals surface area contributed by atoms with Crippen LogP contribution in [-0.2, 0) is 6.42 Å². The maximum atomic E-state index is 12.6. The third-order valence-corrected chi connectivity index (χ3v) is 5.13. The topological polar surface area (TPSA) is 65.2 Å². The van der Waals surface area contributed by atoms with Crippen molar-refractivity contribution in [2.75, 3.05) is 19.6 Å². The van der Waals surface area contributed by atoms with Crippen molar-refractivity contribution in [3.8, 4) is 0 Å². The summed E-state index contributed by atoms with van der Waals surface area (Å²) < 4.78 is 0. The molecule has 0 unspecified atom stereocenters. The van der Waals surface area contributed by atoms with E-state index in [0.717, 1.165) is 62.1 Å². The third kappa shape index (κ3) is 3.34. The Hall–Kier alpha value is -1.62. The van der Waals surface area contributed by atoms with Crippen LogP contribution in [0.2, 0.25) is 0 Å². The van der Waals surface area contributed by atoms with Crippen LogP contribution in [0.3, 0.4) is 0 Å². The molecule has 0 radical (unpaired) electrons. The summed E-state index contributed by atoms with van der Waals surface area (Å²) in [5.74, 6) is 0.116. The number of fused-ring (bicyclic) bond motifs is 1. The lowest BCUT2D eigenvalue weighted by Crippen LogP contribution is -2.45. The van der Waals surface area contributed by atoms with Crippen molar-refractivity contribution in [1.82, 2.24) is 15.2 Å². The largest absolute Gasteiger partial charge is 0.354 e. The summed E-state index contributed by atoms with van der Waals surface area (Å²) in [6.45, 7) is 7.34. The van der Waals surface area contributed by atoms with E-state index < -0.39 is 0 Å². The van der Waals surface area contributed by atoms with Gasteiger partial charge in [0.15, 0.2) is 5.78 Å². The fraction of sp³-hybridized carbons (Fsp3) is 0.667. The van der Waals surface area contributed by atoms with E-state index in [4.69, 9.17) is 0 Å². The van der Waals surface area contributed by atoms with E-state index in [2.05, 4.69) is 22.1 Å². The summed E-state index contributed by atoms with van der Waals surface area (Å²) in [5.41, 5.74) is 3.12. The number of carbonyl (C=O) groups is 2. The average molecular weight is 317 g/mol. The number of rotatable bonds is 4. The number of Topliss-reactive ketones (excluding diaryl/α,β-unsaturated/α-hetero) is 1. The number of aromatic amines is 1. The first-order chi connectivity index (χ1) is 11.1. The van der Waals surface area contributed by atoms with Gasteiger partial charge < -0.3 is 15.2 Å². The van der Waals surface area contributed by atoms with Crippen LogP contribution in [-0.4, -0.2) is 47.3 Å². The van der Waals surface area contributed by atoms with Crippen molar-refractivity contribution in [2.24, 2.45) is 0 Å². The number of hydrogen-bond donors (Lipinski definition) is 2. The predicted octanol–water partition coefficient (Wildman–Crippen LogP) is 2.45. The number of aromatic nitrogens is 1. The van der Waals surface area contributed by atoms with Gasteiger partial charge in [-0.15, -0.1) is 0 Å². The molecule has 0 aromatic carbocycles. The molecule has 0 bridgehead atoms.